The van der Waals surface area contributed by atoms with Crippen LogP contribution >= 0.6 is 0 Å². The van der Waals surface area contributed by atoms with Crippen LogP contribution in [-0.4, -0.2) is 46.4 Å². The summed E-state index contributed by atoms with van der Waals surface area (Å²) in [6.07, 6.45) is 5.43. The third-order valence-corrected chi connectivity index (χ3v) is 5.91. The largest absolute Gasteiger partial charge is 0.382 e. The molecule has 0 bridgehead atoms. The third kappa shape index (κ3) is 4.24. The lowest BCUT2D eigenvalue weighted by Gasteiger charge is -2.48. The van der Waals surface area contributed by atoms with Crippen molar-refractivity contribution in [2.24, 2.45) is 5.92 Å². The molecule has 0 spiro atoms. The van der Waals surface area contributed by atoms with Gasteiger partial charge in [0, 0.05) is 5.92 Å². The minimum atomic E-state index is -3.66. The number of hydrogen-bond donors (Lipinski definition) is 1. The first-order valence-electron chi connectivity index (χ1n) is 9.30. The fourth-order valence-corrected chi connectivity index (χ4v) is 4.62. The van der Waals surface area contributed by atoms with Gasteiger partial charge in [0.25, 0.3) is 10.1 Å². The van der Waals surface area contributed by atoms with E-state index in [4.69, 9.17) is 14.7 Å². The zero-order valence-corrected chi connectivity index (χ0v) is 16.9. The normalized spacial score (nSPS) is 21.9. The highest BCUT2D eigenvalue weighted by Gasteiger charge is 2.51. The molecule has 0 amide bonds. The topological polar surface area (TPSA) is 122 Å². The van der Waals surface area contributed by atoms with Crippen LogP contribution in [0.15, 0.2) is 43.0 Å². The van der Waals surface area contributed by atoms with Crippen LogP contribution in [0.1, 0.15) is 18.4 Å². The summed E-state index contributed by atoms with van der Waals surface area (Å²) in [5.74, 6) is 0.209. The summed E-state index contributed by atoms with van der Waals surface area (Å²) in [5.41, 5.74) is 7.05. The van der Waals surface area contributed by atoms with E-state index in [1.165, 1.54) is 6.33 Å². The van der Waals surface area contributed by atoms with Crippen molar-refractivity contribution in [2.75, 3.05) is 18.6 Å². The molecule has 154 valence electrons. The molecule has 0 saturated heterocycles. The molecule has 29 heavy (non-hydrogen) atoms. The Bertz CT molecular complexity index is 1100. The molecular formula is C19H23N5O4S. The zero-order valence-electron chi connectivity index (χ0n) is 16.1. The number of fused-ring (bicyclic) bond motifs is 1. The van der Waals surface area contributed by atoms with Gasteiger partial charge in [-0.05, 0) is 18.4 Å². The van der Waals surface area contributed by atoms with Crippen molar-refractivity contribution in [1.82, 2.24) is 19.5 Å². The molecule has 3 aromatic rings. The second-order valence-corrected chi connectivity index (χ2v) is 8.97. The maximum Gasteiger partial charge on any atom is 0.264 e. The van der Waals surface area contributed by atoms with E-state index in [-0.39, 0.29) is 18.3 Å². The minimum absolute atomic E-state index is 0.0717. The molecule has 10 heteroatoms. The Morgan fingerprint density at radius 3 is 2.72 bits per heavy atom. The van der Waals surface area contributed by atoms with Gasteiger partial charge >= 0.3 is 0 Å². The Balaban J connectivity index is 1.53. The number of nitrogens with zero attached hydrogens (tertiary/aromatic N) is 4. The summed E-state index contributed by atoms with van der Waals surface area (Å²) in [4.78, 5) is 12.4. The molecule has 9 nitrogen and oxygen atoms in total. The van der Waals surface area contributed by atoms with Gasteiger partial charge in [0.15, 0.2) is 11.5 Å². The van der Waals surface area contributed by atoms with Crippen LogP contribution < -0.4 is 5.73 Å². The van der Waals surface area contributed by atoms with Crippen LogP contribution in [-0.2, 0) is 32.2 Å². The van der Waals surface area contributed by atoms with Gasteiger partial charge in [0.05, 0.1) is 32.3 Å². The second-order valence-electron chi connectivity index (χ2n) is 7.39. The van der Waals surface area contributed by atoms with Gasteiger partial charge in [-0.25, -0.2) is 15.0 Å². The van der Waals surface area contributed by atoms with Gasteiger partial charge < -0.3 is 15.0 Å². The zero-order chi connectivity index (χ0) is 20.5. The Hall–Kier alpha value is -2.56. The quantitative estimate of drug-likeness (QED) is 0.550. The summed E-state index contributed by atoms with van der Waals surface area (Å²) in [5, 5.41) is 0. The van der Waals surface area contributed by atoms with Crippen LogP contribution in [0.2, 0.25) is 0 Å². The number of benzene rings is 1. The molecule has 0 aliphatic heterocycles. The summed E-state index contributed by atoms with van der Waals surface area (Å²) in [7, 11) is -3.66. The predicted molar refractivity (Wildman–Crippen MR) is 107 cm³/mol. The average molecular weight is 417 g/mol. The van der Waals surface area contributed by atoms with Gasteiger partial charge in [-0.3, -0.25) is 4.18 Å². The van der Waals surface area contributed by atoms with Crippen molar-refractivity contribution >= 4 is 27.1 Å². The van der Waals surface area contributed by atoms with E-state index in [0.29, 0.717) is 30.8 Å². The molecular weight excluding hydrogens is 394 g/mol. The SMILES string of the molecule is CS(=O)(=O)O[C@@]1(Cn2cnc3c(N)ncnc32)CC[C@@H]1COCc1ccccc1. The lowest BCUT2D eigenvalue weighted by molar-refractivity contribution is -0.110. The van der Waals surface area contributed by atoms with E-state index in [1.54, 1.807) is 10.9 Å². The summed E-state index contributed by atoms with van der Waals surface area (Å²) >= 11 is 0. The van der Waals surface area contributed by atoms with E-state index in [0.717, 1.165) is 18.2 Å². The number of imidazole rings is 1. The van der Waals surface area contributed by atoms with Crippen molar-refractivity contribution in [3.63, 3.8) is 0 Å². The molecule has 2 heterocycles. The smallest absolute Gasteiger partial charge is 0.264 e. The van der Waals surface area contributed by atoms with Crippen molar-refractivity contribution in [3.8, 4) is 0 Å². The molecule has 0 unspecified atom stereocenters. The molecule has 1 fully saturated rings. The predicted octanol–water partition coefficient (Wildman–Crippen LogP) is 1.75. The highest BCUT2D eigenvalue weighted by molar-refractivity contribution is 7.86. The lowest BCUT2D eigenvalue weighted by atomic mass is 9.69. The molecule has 1 aromatic carbocycles. The number of aromatic nitrogens is 4. The molecule has 0 radical (unpaired) electrons. The van der Waals surface area contributed by atoms with Gasteiger partial charge in [0.2, 0.25) is 0 Å². The number of ether oxygens (including phenoxy) is 1. The molecule has 4 rings (SSSR count). The van der Waals surface area contributed by atoms with Crippen LogP contribution in [0.3, 0.4) is 0 Å². The highest BCUT2D eigenvalue weighted by atomic mass is 32.2. The Morgan fingerprint density at radius 2 is 2.03 bits per heavy atom. The highest BCUT2D eigenvalue weighted by Crippen LogP contribution is 2.45. The molecule has 1 aliphatic carbocycles. The third-order valence-electron chi connectivity index (χ3n) is 5.28. The van der Waals surface area contributed by atoms with E-state index < -0.39 is 15.7 Å². The van der Waals surface area contributed by atoms with Gasteiger partial charge in [-0.1, -0.05) is 30.3 Å². The monoisotopic (exact) mass is 417 g/mol. The summed E-state index contributed by atoms with van der Waals surface area (Å²) < 4.78 is 37.2. The first-order chi connectivity index (χ1) is 13.9. The summed E-state index contributed by atoms with van der Waals surface area (Å²) in [6.45, 7) is 1.14. The number of hydrogen-bond acceptors (Lipinski definition) is 8. The molecule has 2 aromatic heterocycles. The molecule has 1 saturated carbocycles. The Kier molecular flexibility index (Phi) is 5.24. The standard InChI is InChI=1S/C19H23N5O4S/c1-29(25,26)28-19(11-24-13-23-16-17(20)21-12-22-18(16)24)8-7-15(19)10-27-9-14-5-3-2-4-6-14/h2-6,12-13,15H,7-11H2,1H3,(H2,20,21,22)/t15-,19-/m1/s1. The second kappa shape index (κ2) is 7.69. The van der Waals surface area contributed by atoms with Crippen LogP contribution in [0, 0.1) is 5.92 Å². The lowest BCUT2D eigenvalue weighted by Crippen LogP contribution is -2.55. The van der Waals surface area contributed by atoms with E-state index in [1.807, 2.05) is 30.3 Å². The Labute approximate surface area is 169 Å². The number of nitrogens with two attached hydrogens (primary N) is 1. The minimum Gasteiger partial charge on any atom is -0.382 e. The fourth-order valence-electron chi connectivity index (χ4n) is 3.75. The Morgan fingerprint density at radius 1 is 1.24 bits per heavy atom. The van der Waals surface area contributed by atoms with E-state index in [9.17, 15) is 8.42 Å². The maximum atomic E-state index is 12.0. The van der Waals surface area contributed by atoms with Crippen LogP contribution in [0.5, 0.6) is 0 Å². The van der Waals surface area contributed by atoms with Gasteiger partial charge in [-0.15, -0.1) is 0 Å². The first-order valence-corrected chi connectivity index (χ1v) is 11.1. The molecule has 2 atom stereocenters. The molecule has 2 N–H and O–H groups in total. The van der Waals surface area contributed by atoms with Crippen LogP contribution in [0.25, 0.3) is 11.2 Å². The van der Waals surface area contributed by atoms with Crippen molar-refractivity contribution in [2.45, 2.75) is 31.6 Å². The van der Waals surface area contributed by atoms with Gasteiger partial charge in [-0.2, -0.15) is 8.42 Å². The summed E-state index contributed by atoms with van der Waals surface area (Å²) in [6, 6.07) is 9.84. The van der Waals surface area contributed by atoms with Gasteiger partial charge in [0.1, 0.15) is 17.4 Å². The maximum absolute atomic E-state index is 12.0. The fraction of sp³-hybridized carbons (Fsp3) is 0.421. The van der Waals surface area contributed by atoms with E-state index in [2.05, 4.69) is 15.0 Å². The van der Waals surface area contributed by atoms with Crippen molar-refractivity contribution < 1.29 is 17.3 Å². The number of anilines is 1. The number of nitrogen functional groups attached to an aromatic ring is 1. The first kappa shape index (κ1) is 19.7. The van der Waals surface area contributed by atoms with Crippen molar-refractivity contribution in [1.29, 1.82) is 0 Å². The van der Waals surface area contributed by atoms with Crippen molar-refractivity contribution in [3.05, 3.63) is 48.5 Å². The van der Waals surface area contributed by atoms with Crippen LogP contribution in [0.4, 0.5) is 5.82 Å². The van der Waals surface area contributed by atoms with E-state index >= 15 is 0 Å². The molecule has 1 aliphatic rings. The number of rotatable bonds is 8. The average Bonchev–Trinajstić information content (AvgIpc) is 3.08.